The Morgan fingerprint density at radius 2 is 0.968 bits per heavy atom. The predicted molar refractivity (Wildman–Crippen MR) is 252 cm³/mol. The minimum Gasteiger partial charge on any atom is -0.310 e. The van der Waals surface area contributed by atoms with Gasteiger partial charge in [0.2, 0.25) is 0 Å². The van der Waals surface area contributed by atoms with Gasteiger partial charge in [0.25, 0.3) is 0 Å². The zero-order valence-electron chi connectivity index (χ0n) is 33.7. The van der Waals surface area contributed by atoms with E-state index in [2.05, 4.69) is 185 Å². The second-order valence-corrected chi connectivity index (χ2v) is 16.7. The van der Waals surface area contributed by atoms with Crippen molar-refractivity contribution < 1.29 is 13.2 Å². The van der Waals surface area contributed by atoms with E-state index in [0.717, 1.165) is 55.6 Å². The summed E-state index contributed by atoms with van der Waals surface area (Å²) in [4.78, 5) is 2.10. The van der Waals surface area contributed by atoms with Gasteiger partial charge in [-0.05, 0) is 139 Å². The quantitative estimate of drug-likeness (QED) is 0.172. The van der Waals surface area contributed by atoms with Crippen molar-refractivity contribution in [2.75, 3.05) is 4.90 Å². The van der Waals surface area contributed by atoms with Gasteiger partial charge >= 0.3 is 6.18 Å². The van der Waals surface area contributed by atoms with Crippen LogP contribution in [0.15, 0.2) is 212 Å². The molecule has 0 saturated carbocycles. The van der Waals surface area contributed by atoms with Crippen LogP contribution in [0.1, 0.15) is 27.8 Å². The van der Waals surface area contributed by atoms with Crippen LogP contribution >= 0.6 is 0 Å². The molecule has 298 valence electrons. The highest BCUT2D eigenvalue weighted by atomic mass is 19.4. The lowest BCUT2D eigenvalue weighted by Crippen LogP contribution is -2.32. The van der Waals surface area contributed by atoms with E-state index in [1.807, 2.05) is 12.1 Å². The highest BCUT2D eigenvalue weighted by molar-refractivity contribution is 6.26. The summed E-state index contributed by atoms with van der Waals surface area (Å²) in [5, 5.41) is 6.96. The summed E-state index contributed by atoms with van der Waals surface area (Å²) in [6.45, 7) is 0. The minimum atomic E-state index is -4.46. The molecule has 13 rings (SSSR count). The van der Waals surface area contributed by atoms with Crippen LogP contribution < -0.4 is 4.90 Å². The number of alkyl halides is 3. The van der Waals surface area contributed by atoms with Gasteiger partial charge in [-0.1, -0.05) is 140 Å². The molecule has 2 aliphatic rings. The Balaban J connectivity index is 1.17. The summed E-state index contributed by atoms with van der Waals surface area (Å²) in [6, 6.07) is 72.8. The molecule has 0 radical (unpaired) electrons. The molecule has 63 heavy (non-hydrogen) atoms. The molecule has 2 nitrogen and oxygen atoms in total. The Kier molecular flexibility index (Phi) is 7.43. The maximum Gasteiger partial charge on any atom is 0.416 e. The predicted octanol–water partition coefficient (Wildman–Crippen LogP) is 15.9. The van der Waals surface area contributed by atoms with Gasteiger partial charge in [0.1, 0.15) is 0 Å². The number of benzene rings is 10. The van der Waals surface area contributed by atoms with Gasteiger partial charge in [0, 0.05) is 33.5 Å². The van der Waals surface area contributed by atoms with Crippen LogP contribution in [0.2, 0.25) is 0 Å². The van der Waals surface area contributed by atoms with Crippen molar-refractivity contribution in [1.82, 2.24) is 4.57 Å². The van der Waals surface area contributed by atoms with Gasteiger partial charge in [0.15, 0.2) is 0 Å². The van der Waals surface area contributed by atoms with Gasteiger partial charge in [-0.15, -0.1) is 0 Å². The number of hydrogen-bond acceptors (Lipinski definition) is 1. The first-order valence-corrected chi connectivity index (χ1v) is 21.2. The van der Waals surface area contributed by atoms with Crippen molar-refractivity contribution in [3.05, 3.63) is 240 Å². The fourth-order valence-electron chi connectivity index (χ4n) is 11.1. The number of para-hydroxylation sites is 2. The van der Waals surface area contributed by atoms with E-state index < -0.39 is 17.2 Å². The first-order valence-electron chi connectivity index (χ1n) is 21.2. The summed E-state index contributed by atoms with van der Waals surface area (Å²) in [5.41, 5.74) is 13.7. The molecule has 0 N–H and O–H groups in total. The minimum absolute atomic E-state index is 0.631. The lowest BCUT2D eigenvalue weighted by Gasteiger charge is -2.41. The first kappa shape index (κ1) is 35.8. The largest absolute Gasteiger partial charge is 0.416 e. The van der Waals surface area contributed by atoms with Crippen molar-refractivity contribution in [2.45, 2.75) is 11.6 Å². The number of hydrogen-bond donors (Lipinski definition) is 0. The zero-order chi connectivity index (χ0) is 42.0. The van der Waals surface area contributed by atoms with Crippen LogP contribution in [0.25, 0.3) is 71.3 Å². The molecule has 10 aromatic carbocycles. The van der Waals surface area contributed by atoms with Crippen LogP contribution in [0.5, 0.6) is 0 Å². The Morgan fingerprint density at radius 3 is 1.73 bits per heavy atom. The van der Waals surface area contributed by atoms with Crippen LogP contribution in [0.3, 0.4) is 0 Å². The zero-order valence-corrected chi connectivity index (χ0v) is 33.7. The van der Waals surface area contributed by atoms with Crippen molar-refractivity contribution in [2.24, 2.45) is 0 Å². The fourth-order valence-corrected chi connectivity index (χ4v) is 11.1. The number of nitrogens with zero attached hydrogens (tertiary/aromatic N) is 2. The molecule has 5 heteroatoms. The van der Waals surface area contributed by atoms with E-state index in [4.69, 9.17) is 0 Å². The Labute approximate surface area is 361 Å². The molecule has 1 heterocycles. The summed E-state index contributed by atoms with van der Waals surface area (Å²) in [7, 11) is 0. The normalized spacial score (nSPS) is 13.4. The number of fused-ring (bicyclic) bond motifs is 14. The van der Waals surface area contributed by atoms with Crippen LogP contribution in [-0.2, 0) is 11.6 Å². The summed E-state index contributed by atoms with van der Waals surface area (Å²) in [6.07, 6.45) is -4.46. The third-order valence-electron chi connectivity index (χ3n) is 13.6. The summed E-state index contributed by atoms with van der Waals surface area (Å²) < 4.78 is 44.4. The average molecular weight is 817 g/mol. The molecule has 0 atom stereocenters. The maximum atomic E-state index is 14.0. The van der Waals surface area contributed by atoms with E-state index in [-0.39, 0.29) is 0 Å². The van der Waals surface area contributed by atoms with Crippen molar-refractivity contribution in [1.29, 1.82) is 0 Å². The number of anilines is 3. The van der Waals surface area contributed by atoms with Crippen molar-refractivity contribution in [3.63, 3.8) is 0 Å². The summed E-state index contributed by atoms with van der Waals surface area (Å²) in [5.74, 6) is 0. The van der Waals surface area contributed by atoms with E-state index in [1.165, 1.54) is 61.5 Å². The Hall–Kier alpha value is -7.89. The van der Waals surface area contributed by atoms with Gasteiger partial charge in [-0.2, -0.15) is 13.2 Å². The molecule has 0 aliphatic heterocycles. The maximum absolute atomic E-state index is 14.0. The molecule has 1 aromatic heterocycles. The highest BCUT2D eigenvalue weighted by Crippen LogP contribution is 2.63. The monoisotopic (exact) mass is 816 g/mol. The summed E-state index contributed by atoms with van der Waals surface area (Å²) >= 11 is 0. The van der Waals surface area contributed by atoms with Crippen LogP contribution in [0.4, 0.5) is 30.2 Å². The van der Waals surface area contributed by atoms with E-state index in [0.29, 0.717) is 5.69 Å². The van der Waals surface area contributed by atoms with Crippen molar-refractivity contribution in [3.8, 4) is 27.9 Å². The lowest BCUT2D eigenvalue weighted by molar-refractivity contribution is -0.137. The number of aromatic nitrogens is 1. The SMILES string of the molecule is FC(F)(F)c1ccc(N(c2ccc3c(c2)C2(c4ccccc4-c4ccccc42)c2cccc4c2c-3cc2c4c3ccccc3n2-c2ccccc2)c2ccc3ccccc3c2)cc1. The van der Waals surface area contributed by atoms with Gasteiger partial charge in [-0.3, -0.25) is 0 Å². The third kappa shape index (κ3) is 4.96. The molecular formula is C58H35F3N2. The van der Waals surface area contributed by atoms with E-state index >= 15 is 0 Å². The Morgan fingerprint density at radius 1 is 0.381 bits per heavy atom. The second-order valence-electron chi connectivity index (χ2n) is 16.7. The topological polar surface area (TPSA) is 8.17 Å². The molecular weight excluding hydrogens is 782 g/mol. The van der Waals surface area contributed by atoms with Gasteiger partial charge < -0.3 is 9.47 Å². The molecule has 0 saturated heterocycles. The van der Waals surface area contributed by atoms with Gasteiger partial charge in [-0.25, -0.2) is 0 Å². The first-order chi connectivity index (χ1) is 30.9. The molecule has 1 spiro atoms. The Bertz CT molecular complexity index is 3630. The van der Waals surface area contributed by atoms with E-state index in [9.17, 15) is 13.2 Å². The number of rotatable bonds is 4. The third-order valence-corrected chi connectivity index (χ3v) is 13.6. The van der Waals surface area contributed by atoms with E-state index in [1.54, 1.807) is 12.1 Å². The highest BCUT2D eigenvalue weighted by Gasteiger charge is 2.50. The number of halogens is 3. The standard InChI is InChI=1S/C58H35F3N2/c59-58(60,61)38-26-29-40(30-27-38)62(41-28-25-36-13-4-5-14-37(36)33-41)42-31-32-45-48-35-54-56(46-19-8-11-24-53(46)63(54)39-15-2-1-3-16-39)47-20-12-23-51(55(47)48)57(52(45)34-42)49-21-9-6-17-43(49)44-18-7-10-22-50(44)57/h1-35H. The average Bonchev–Trinajstić information content (AvgIpc) is 3.82. The van der Waals surface area contributed by atoms with Crippen molar-refractivity contribution >= 4 is 60.4 Å². The fraction of sp³-hybridized carbons (Fsp3) is 0.0345. The molecule has 2 aliphatic carbocycles. The van der Waals surface area contributed by atoms with Gasteiger partial charge in [0.05, 0.1) is 22.0 Å². The van der Waals surface area contributed by atoms with Crippen LogP contribution in [0, 0.1) is 0 Å². The second kappa shape index (κ2) is 13.1. The molecule has 11 aromatic rings. The lowest BCUT2D eigenvalue weighted by atomic mass is 9.61. The molecule has 0 unspecified atom stereocenters. The molecule has 0 amide bonds. The smallest absolute Gasteiger partial charge is 0.310 e. The van der Waals surface area contributed by atoms with Crippen LogP contribution in [-0.4, -0.2) is 4.57 Å². The molecule has 0 fully saturated rings. The molecule has 0 bridgehead atoms.